The van der Waals surface area contributed by atoms with Crippen molar-refractivity contribution in [2.75, 3.05) is 27.2 Å². The van der Waals surface area contributed by atoms with Crippen LogP contribution in [0, 0.1) is 12.8 Å². The van der Waals surface area contributed by atoms with E-state index in [1.165, 1.54) is 22.7 Å². The molecule has 1 N–H and O–H groups in total. The molecular weight excluding hydrogens is 386 g/mol. The van der Waals surface area contributed by atoms with Crippen LogP contribution in [-0.4, -0.2) is 50.1 Å². The maximum Gasteiger partial charge on any atom is 0.281 e. The van der Waals surface area contributed by atoms with Gasteiger partial charge in [-0.1, -0.05) is 60.2 Å². The molecule has 0 aromatic heterocycles. The quantitative estimate of drug-likeness (QED) is 0.789. The van der Waals surface area contributed by atoms with Crippen molar-refractivity contribution in [3.05, 3.63) is 71.3 Å². The molecule has 1 heterocycles. The number of hydrogen-bond donors (Lipinski definition) is 1. The number of piperidine rings is 1. The highest BCUT2D eigenvalue weighted by molar-refractivity contribution is 7.86. The van der Waals surface area contributed by atoms with E-state index in [0.29, 0.717) is 19.4 Å². The molecule has 0 radical (unpaired) electrons. The first-order valence-electron chi connectivity index (χ1n) is 9.88. The second kappa shape index (κ2) is 9.07. The zero-order chi connectivity index (χ0) is 21.0. The average molecular weight is 416 g/mol. The zero-order valence-corrected chi connectivity index (χ0v) is 18.0. The predicted octanol–water partition coefficient (Wildman–Crippen LogP) is 2.72. The molecule has 0 saturated carbocycles. The van der Waals surface area contributed by atoms with Crippen LogP contribution in [0.15, 0.2) is 54.6 Å². The zero-order valence-electron chi connectivity index (χ0n) is 17.2. The summed E-state index contributed by atoms with van der Waals surface area (Å²) in [4.78, 5) is 13.1. The highest BCUT2D eigenvalue weighted by Gasteiger charge is 2.34. The molecule has 2 aromatic carbocycles. The van der Waals surface area contributed by atoms with Gasteiger partial charge in [0.2, 0.25) is 5.91 Å². The molecule has 0 bridgehead atoms. The monoisotopic (exact) mass is 415 g/mol. The summed E-state index contributed by atoms with van der Waals surface area (Å²) < 4.78 is 27.5. The van der Waals surface area contributed by atoms with Gasteiger partial charge in [-0.3, -0.25) is 4.79 Å². The molecular formula is C22H29N3O3S. The maximum absolute atomic E-state index is 13.1. The number of nitrogens with one attached hydrogen (secondary N) is 1. The minimum atomic E-state index is -3.52. The first-order chi connectivity index (χ1) is 13.8. The molecule has 156 valence electrons. The van der Waals surface area contributed by atoms with Gasteiger partial charge in [0.05, 0.1) is 12.0 Å². The molecule has 2 aromatic rings. The van der Waals surface area contributed by atoms with Crippen LogP contribution in [0.5, 0.6) is 0 Å². The third-order valence-electron chi connectivity index (χ3n) is 5.37. The van der Waals surface area contributed by atoms with Crippen LogP contribution in [-0.2, 0) is 15.0 Å². The van der Waals surface area contributed by atoms with Gasteiger partial charge in [-0.25, -0.2) is 0 Å². The SMILES string of the molecule is Cc1ccc([C@@H](NC(=O)[C@@H]2CCCN(S(=O)(=O)N(C)C)C2)c2ccccc2)cc1. The second-order valence-corrected chi connectivity index (χ2v) is 9.89. The van der Waals surface area contributed by atoms with Crippen LogP contribution < -0.4 is 5.32 Å². The van der Waals surface area contributed by atoms with E-state index in [1.54, 1.807) is 0 Å². The van der Waals surface area contributed by atoms with E-state index in [4.69, 9.17) is 0 Å². The van der Waals surface area contributed by atoms with E-state index in [9.17, 15) is 13.2 Å². The van der Waals surface area contributed by atoms with Crippen LogP contribution in [0.1, 0.15) is 35.6 Å². The molecule has 3 rings (SSSR count). The lowest BCUT2D eigenvalue weighted by molar-refractivity contribution is -0.126. The van der Waals surface area contributed by atoms with Gasteiger partial charge in [-0.15, -0.1) is 0 Å². The van der Waals surface area contributed by atoms with Crippen LogP contribution in [0.2, 0.25) is 0 Å². The van der Waals surface area contributed by atoms with Gasteiger partial charge in [0.15, 0.2) is 0 Å². The van der Waals surface area contributed by atoms with Crippen molar-refractivity contribution in [2.45, 2.75) is 25.8 Å². The van der Waals surface area contributed by atoms with Gasteiger partial charge < -0.3 is 5.32 Å². The van der Waals surface area contributed by atoms with Gasteiger partial charge in [0.25, 0.3) is 10.2 Å². The van der Waals surface area contributed by atoms with Gasteiger partial charge in [0.1, 0.15) is 0 Å². The molecule has 6 nitrogen and oxygen atoms in total. The number of carbonyl (C=O) groups is 1. The minimum absolute atomic E-state index is 0.113. The molecule has 7 heteroatoms. The largest absolute Gasteiger partial charge is 0.345 e. The van der Waals surface area contributed by atoms with E-state index >= 15 is 0 Å². The highest BCUT2D eigenvalue weighted by Crippen LogP contribution is 2.25. The summed E-state index contributed by atoms with van der Waals surface area (Å²) in [6.07, 6.45) is 1.35. The summed E-state index contributed by atoms with van der Waals surface area (Å²) >= 11 is 0. The molecule has 1 saturated heterocycles. The van der Waals surface area contributed by atoms with E-state index < -0.39 is 10.2 Å². The fraction of sp³-hybridized carbons (Fsp3) is 0.409. The Hall–Kier alpha value is -2.22. The van der Waals surface area contributed by atoms with Crippen molar-refractivity contribution < 1.29 is 13.2 Å². The molecule has 0 unspecified atom stereocenters. The normalized spacial score (nSPS) is 19.1. The third kappa shape index (κ3) is 5.04. The second-order valence-electron chi connectivity index (χ2n) is 7.75. The lowest BCUT2D eigenvalue weighted by Crippen LogP contribution is -2.49. The number of benzene rings is 2. The highest BCUT2D eigenvalue weighted by atomic mass is 32.2. The van der Waals surface area contributed by atoms with Crippen LogP contribution in [0.3, 0.4) is 0 Å². The number of hydrogen-bond acceptors (Lipinski definition) is 3. The smallest absolute Gasteiger partial charge is 0.281 e. The summed E-state index contributed by atoms with van der Waals surface area (Å²) in [6, 6.07) is 17.7. The molecule has 1 aliphatic rings. The van der Waals surface area contributed by atoms with Crippen molar-refractivity contribution in [1.29, 1.82) is 0 Å². The Morgan fingerprint density at radius 3 is 2.31 bits per heavy atom. The number of aryl methyl sites for hydroxylation is 1. The molecule has 1 amide bonds. The molecule has 0 aliphatic carbocycles. The van der Waals surface area contributed by atoms with Crippen molar-refractivity contribution >= 4 is 16.1 Å². The Morgan fingerprint density at radius 1 is 1.07 bits per heavy atom. The third-order valence-corrected chi connectivity index (χ3v) is 7.28. The molecule has 1 fully saturated rings. The first kappa shape index (κ1) is 21.5. The molecule has 29 heavy (non-hydrogen) atoms. The van der Waals surface area contributed by atoms with Crippen LogP contribution >= 0.6 is 0 Å². The fourth-order valence-corrected chi connectivity index (χ4v) is 4.81. The molecule has 0 spiro atoms. The Kier molecular flexibility index (Phi) is 6.72. The van der Waals surface area contributed by atoms with Crippen molar-refractivity contribution in [3.63, 3.8) is 0 Å². The standard InChI is InChI=1S/C22H29N3O3S/c1-17-11-13-19(14-12-17)21(18-8-5-4-6-9-18)23-22(26)20-10-7-15-25(16-20)29(27,28)24(2)3/h4-6,8-9,11-14,20-21H,7,10,15-16H2,1-3H3,(H,23,26)/t20-,21+/m1/s1. The Bertz CT molecular complexity index is 928. The van der Waals surface area contributed by atoms with Crippen molar-refractivity contribution in [3.8, 4) is 0 Å². The molecule has 1 aliphatic heterocycles. The van der Waals surface area contributed by atoms with Gasteiger partial charge in [-0.2, -0.15) is 17.0 Å². The number of amides is 1. The summed E-state index contributed by atoms with van der Waals surface area (Å²) in [6.45, 7) is 2.69. The number of rotatable bonds is 6. The number of carbonyl (C=O) groups excluding carboxylic acids is 1. The summed E-state index contributed by atoms with van der Waals surface area (Å²) in [5, 5.41) is 3.17. The Labute approximate surface area is 173 Å². The van der Waals surface area contributed by atoms with Gasteiger partial charge in [0, 0.05) is 27.2 Å². The van der Waals surface area contributed by atoms with Crippen LogP contribution in [0.25, 0.3) is 0 Å². The van der Waals surface area contributed by atoms with Crippen molar-refractivity contribution in [1.82, 2.24) is 13.9 Å². The Morgan fingerprint density at radius 2 is 1.69 bits per heavy atom. The van der Waals surface area contributed by atoms with Crippen molar-refractivity contribution in [2.24, 2.45) is 5.92 Å². The van der Waals surface area contributed by atoms with E-state index in [-0.39, 0.29) is 24.4 Å². The van der Waals surface area contributed by atoms with Crippen LogP contribution in [0.4, 0.5) is 0 Å². The Balaban J connectivity index is 1.80. The van der Waals surface area contributed by atoms with Gasteiger partial charge in [-0.05, 0) is 30.9 Å². The maximum atomic E-state index is 13.1. The number of nitrogens with zero attached hydrogens (tertiary/aromatic N) is 2. The minimum Gasteiger partial charge on any atom is -0.345 e. The predicted molar refractivity (Wildman–Crippen MR) is 115 cm³/mol. The summed E-state index contributed by atoms with van der Waals surface area (Å²) in [7, 11) is -0.486. The fourth-order valence-electron chi connectivity index (χ4n) is 3.62. The topological polar surface area (TPSA) is 69.7 Å². The molecule has 2 atom stereocenters. The van der Waals surface area contributed by atoms with E-state index in [0.717, 1.165) is 16.7 Å². The lowest BCUT2D eigenvalue weighted by Gasteiger charge is -2.33. The van der Waals surface area contributed by atoms with E-state index in [2.05, 4.69) is 5.32 Å². The summed E-state index contributed by atoms with van der Waals surface area (Å²) in [5.74, 6) is -0.479. The summed E-state index contributed by atoms with van der Waals surface area (Å²) in [5.41, 5.74) is 3.16. The van der Waals surface area contributed by atoms with Gasteiger partial charge >= 0.3 is 0 Å². The lowest BCUT2D eigenvalue weighted by atomic mass is 9.94. The van der Waals surface area contributed by atoms with E-state index in [1.807, 2.05) is 61.5 Å². The first-order valence-corrected chi connectivity index (χ1v) is 11.3. The average Bonchev–Trinajstić information content (AvgIpc) is 2.73.